The monoisotopic (exact) mass is 250 g/mol. The highest BCUT2D eigenvalue weighted by Gasteiger charge is 2.28. The number of ketones is 1. The molecule has 0 aliphatic heterocycles. The number of rotatable bonds is 5. The number of aliphatic carboxylic acids is 1. The van der Waals surface area contributed by atoms with Gasteiger partial charge in [0, 0.05) is 0 Å². The maximum absolute atomic E-state index is 11.5. The van der Waals surface area contributed by atoms with Crippen LogP contribution in [0.2, 0.25) is 0 Å². The molecule has 1 N–H and O–H groups in total. The molecule has 0 unspecified atom stereocenters. The first-order valence-corrected chi connectivity index (χ1v) is 5.72. The van der Waals surface area contributed by atoms with Gasteiger partial charge in [-0.25, -0.2) is 0 Å². The second-order valence-electron chi connectivity index (χ2n) is 5.03. The van der Waals surface area contributed by atoms with Gasteiger partial charge in [0.2, 0.25) is 0 Å². The van der Waals surface area contributed by atoms with Gasteiger partial charge >= 0.3 is 5.97 Å². The minimum atomic E-state index is -0.987. The van der Waals surface area contributed by atoms with Crippen molar-refractivity contribution in [1.29, 1.82) is 0 Å². The largest absolute Gasteiger partial charge is 0.492 e. The molecule has 1 aromatic rings. The number of carboxylic acid groups (broad SMARTS) is 1. The van der Waals surface area contributed by atoms with E-state index in [0.29, 0.717) is 11.3 Å². The molecule has 1 rings (SSSR count). The van der Waals surface area contributed by atoms with Crippen LogP contribution in [-0.2, 0) is 4.79 Å². The molecule has 1 aromatic carbocycles. The number of benzene rings is 1. The highest BCUT2D eigenvalue weighted by molar-refractivity contribution is 5.97. The summed E-state index contributed by atoms with van der Waals surface area (Å²) in [6, 6.07) is 5.27. The molecule has 18 heavy (non-hydrogen) atoms. The molecule has 0 radical (unpaired) electrons. The Labute approximate surface area is 107 Å². The number of hydrogen-bond acceptors (Lipinski definition) is 3. The zero-order chi connectivity index (χ0) is 13.9. The van der Waals surface area contributed by atoms with Crippen molar-refractivity contribution in [2.75, 3.05) is 6.61 Å². The van der Waals surface area contributed by atoms with Gasteiger partial charge in [-0.1, -0.05) is 11.6 Å². The number of carbonyl (C=O) groups excluding carboxylic acids is 1. The van der Waals surface area contributed by atoms with Crippen LogP contribution in [-0.4, -0.2) is 23.5 Å². The Morgan fingerprint density at radius 3 is 2.44 bits per heavy atom. The van der Waals surface area contributed by atoms with Crippen molar-refractivity contribution in [1.82, 2.24) is 0 Å². The van der Waals surface area contributed by atoms with Crippen molar-refractivity contribution in [2.45, 2.75) is 27.7 Å². The van der Waals surface area contributed by atoms with E-state index in [1.54, 1.807) is 26.0 Å². The average molecular weight is 250 g/mol. The predicted molar refractivity (Wildman–Crippen MR) is 68.1 cm³/mol. The summed E-state index contributed by atoms with van der Waals surface area (Å²) in [5, 5.41) is 8.99. The summed E-state index contributed by atoms with van der Waals surface area (Å²) < 4.78 is 5.48. The molecule has 0 aromatic heterocycles. The second kappa shape index (κ2) is 5.21. The van der Waals surface area contributed by atoms with Crippen LogP contribution < -0.4 is 4.74 Å². The van der Waals surface area contributed by atoms with Gasteiger partial charge in [0.05, 0.1) is 11.0 Å². The van der Waals surface area contributed by atoms with Crippen LogP contribution in [0.25, 0.3) is 0 Å². The van der Waals surface area contributed by atoms with Crippen LogP contribution in [0.1, 0.15) is 36.7 Å². The van der Waals surface area contributed by atoms with E-state index in [1.807, 2.05) is 13.0 Å². The van der Waals surface area contributed by atoms with Crippen LogP contribution in [0.4, 0.5) is 0 Å². The first-order chi connectivity index (χ1) is 8.24. The van der Waals surface area contributed by atoms with E-state index in [4.69, 9.17) is 9.84 Å². The van der Waals surface area contributed by atoms with E-state index in [-0.39, 0.29) is 12.4 Å². The maximum atomic E-state index is 11.5. The number of ether oxygens (including phenoxy) is 1. The molecule has 0 atom stereocenters. The number of carbonyl (C=O) groups is 2. The molecule has 0 bridgehead atoms. The first kappa shape index (κ1) is 14.2. The Morgan fingerprint density at radius 1 is 1.33 bits per heavy atom. The Morgan fingerprint density at radius 2 is 1.94 bits per heavy atom. The fourth-order valence-electron chi connectivity index (χ4n) is 1.36. The van der Waals surface area contributed by atoms with Crippen LogP contribution >= 0.6 is 0 Å². The third-order valence-electron chi connectivity index (χ3n) is 2.68. The molecule has 98 valence electrons. The predicted octanol–water partition coefficient (Wildman–Crippen LogP) is 2.69. The van der Waals surface area contributed by atoms with Crippen LogP contribution in [0, 0.1) is 12.3 Å². The SMILES string of the molecule is CC(=O)c1cc(C)ccc1OCC(C)(C)C(=O)O. The molecule has 0 amide bonds. The Hall–Kier alpha value is -1.84. The summed E-state index contributed by atoms with van der Waals surface area (Å²) in [4.78, 5) is 22.4. The smallest absolute Gasteiger partial charge is 0.312 e. The van der Waals surface area contributed by atoms with Gasteiger partial charge in [-0.05, 0) is 39.8 Å². The first-order valence-electron chi connectivity index (χ1n) is 5.72. The van der Waals surface area contributed by atoms with Crippen LogP contribution in [0.15, 0.2) is 18.2 Å². The minimum absolute atomic E-state index is 0.0195. The highest BCUT2D eigenvalue weighted by Crippen LogP contribution is 2.24. The van der Waals surface area contributed by atoms with E-state index in [1.165, 1.54) is 6.92 Å². The van der Waals surface area contributed by atoms with Crippen molar-refractivity contribution in [2.24, 2.45) is 5.41 Å². The molecule has 4 heteroatoms. The number of aryl methyl sites for hydroxylation is 1. The third kappa shape index (κ3) is 3.32. The Bertz CT molecular complexity index is 475. The lowest BCUT2D eigenvalue weighted by Gasteiger charge is -2.20. The molecular formula is C14H18O4. The van der Waals surface area contributed by atoms with E-state index in [2.05, 4.69) is 0 Å². The zero-order valence-electron chi connectivity index (χ0n) is 11.1. The minimum Gasteiger partial charge on any atom is -0.492 e. The van der Waals surface area contributed by atoms with Crippen LogP contribution in [0.3, 0.4) is 0 Å². The molecule has 0 heterocycles. The summed E-state index contributed by atoms with van der Waals surface area (Å²) in [5.41, 5.74) is 0.458. The molecular weight excluding hydrogens is 232 g/mol. The number of carboxylic acids is 1. The van der Waals surface area contributed by atoms with Crippen molar-refractivity contribution in [3.8, 4) is 5.75 Å². The van der Waals surface area contributed by atoms with E-state index in [9.17, 15) is 9.59 Å². The lowest BCUT2D eigenvalue weighted by atomic mass is 9.95. The van der Waals surface area contributed by atoms with Gasteiger partial charge in [0.15, 0.2) is 5.78 Å². The quantitative estimate of drug-likeness (QED) is 0.816. The summed E-state index contributed by atoms with van der Waals surface area (Å²) in [6.07, 6.45) is 0. The standard InChI is InChI=1S/C14H18O4/c1-9-5-6-12(11(7-9)10(2)15)18-8-14(3,4)13(16)17/h5-7H,8H2,1-4H3,(H,16,17). The van der Waals surface area contributed by atoms with E-state index in [0.717, 1.165) is 5.56 Å². The molecule has 0 saturated carbocycles. The van der Waals surface area contributed by atoms with Gasteiger partial charge < -0.3 is 9.84 Å². The van der Waals surface area contributed by atoms with E-state index >= 15 is 0 Å². The Kier molecular flexibility index (Phi) is 4.11. The number of Topliss-reactive ketones (excluding diaryl/α,β-unsaturated/α-hetero) is 1. The molecule has 4 nitrogen and oxygen atoms in total. The molecule has 0 fully saturated rings. The van der Waals surface area contributed by atoms with Crippen molar-refractivity contribution in [3.63, 3.8) is 0 Å². The average Bonchev–Trinajstić information content (AvgIpc) is 2.27. The van der Waals surface area contributed by atoms with Crippen molar-refractivity contribution >= 4 is 11.8 Å². The summed E-state index contributed by atoms with van der Waals surface area (Å²) in [6.45, 7) is 6.53. The fraction of sp³-hybridized carbons (Fsp3) is 0.429. The zero-order valence-corrected chi connectivity index (χ0v) is 11.1. The lowest BCUT2D eigenvalue weighted by Crippen LogP contribution is -2.30. The van der Waals surface area contributed by atoms with Gasteiger partial charge in [-0.15, -0.1) is 0 Å². The molecule has 0 aliphatic carbocycles. The summed E-state index contributed by atoms with van der Waals surface area (Å²) >= 11 is 0. The van der Waals surface area contributed by atoms with E-state index < -0.39 is 11.4 Å². The fourth-order valence-corrected chi connectivity index (χ4v) is 1.36. The van der Waals surface area contributed by atoms with Gasteiger partial charge in [0.1, 0.15) is 12.4 Å². The molecule has 0 spiro atoms. The Balaban J connectivity index is 2.92. The topological polar surface area (TPSA) is 63.6 Å². The molecule has 0 saturated heterocycles. The van der Waals surface area contributed by atoms with Crippen molar-refractivity contribution in [3.05, 3.63) is 29.3 Å². The second-order valence-corrected chi connectivity index (χ2v) is 5.03. The lowest BCUT2D eigenvalue weighted by molar-refractivity contribution is -0.148. The van der Waals surface area contributed by atoms with Crippen LogP contribution in [0.5, 0.6) is 5.75 Å². The molecule has 0 aliphatic rings. The van der Waals surface area contributed by atoms with Gasteiger partial charge in [-0.2, -0.15) is 0 Å². The summed E-state index contributed by atoms with van der Waals surface area (Å²) in [5.74, 6) is -0.594. The normalized spacial score (nSPS) is 11.1. The van der Waals surface area contributed by atoms with Gasteiger partial charge in [-0.3, -0.25) is 9.59 Å². The van der Waals surface area contributed by atoms with Gasteiger partial charge in [0.25, 0.3) is 0 Å². The van der Waals surface area contributed by atoms with Crippen molar-refractivity contribution < 1.29 is 19.4 Å². The maximum Gasteiger partial charge on any atom is 0.312 e. The third-order valence-corrected chi connectivity index (χ3v) is 2.68. The number of hydrogen-bond donors (Lipinski definition) is 1. The summed E-state index contributed by atoms with van der Waals surface area (Å²) in [7, 11) is 0. The highest BCUT2D eigenvalue weighted by atomic mass is 16.5.